The standard InChI is InChI=1S/C14H19FN4O/c15-13-8-11(9-17-18-14(16)20)4-5-12(13)10-19-6-2-1-3-7-19/h4-5,8-9H,1-3,6-7,10H2,(H3,16,18,20). The van der Waals surface area contributed by atoms with Gasteiger partial charge in [-0.15, -0.1) is 0 Å². The molecule has 1 aliphatic rings. The molecule has 0 saturated carbocycles. The zero-order chi connectivity index (χ0) is 14.4. The third-order valence-electron chi connectivity index (χ3n) is 3.31. The summed E-state index contributed by atoms with van der Waals surface area (Å²) < 4.78 is 14.0. The van der Waals surface area contributed by atoms with E-state index in [0.29, 0.717) is 17.7 Å². The van der Waals surface area contributed by atoms with E-state index in [-0.39, 0.29) is 5.82 Å². The number of hydrogen-bond donors (Lipinski definition) is 2. The fourth-order valence-corrected chi connectivity index (χ4v) is 2.30. The van der Waals surface area contributed by atoms with Crippen LogP contribution < -0.4 is 11.2 Å². The second-order valence-corrected chi connectivity index (χ2v) is 4.92. The lowest BCUT2D eigenvalue weighted by Gasteiger charge is -2.26. The number of hydrogen-bond acceptors (Lipinski definition) is 3. The topological polar surface area (TPSA) is 70.7 Å². The fourth-order valence-electron chi connectivity index (χ4n) is 2.30. The van der Waals surface area contributed by atoms with Crippen LogP contribution in [0.15, 0.2) is 23.3 Å². The van der Waals surface area contributed by atoms with Crippen molar-refractivity contribution in [2.45, 2.75) is 25.8 Å². The first-order valence-electron chi connectivity index (χ1n) is 6.74. The highest BCUT2D eigenvalue weighted by atomic mass is 19.1. The summed E-state index contributed by atoms with van der Waals surface area (Å²) >= 11 is 0. The van der Waals surface area contributed by atoms with Crippen LogP contribution in [0.25, 0.3) is 0 Å². The molecule has 1 aromatic carbocycles. The molecule has 1 aromatic rings. The molecule has 0 atom stereocenters. The molecule has 6 heteroatoms. The van der Waals surface area contributed by atoms with Crippen LogP contribution in [0.1, 0.15) is 30.4 Å². The maximum Gasteiger partial charge on any atom is 0.332 e. The van der Waals surface area contributed by atoms with Crippen LogP contribution in [0.2, 0.25) is 0 Å². The largest absolute Gasteiger partial charge is 0.350 e. The fraction of sp³-hybridized carbons (Fsp3) is 0.429. The molecule has 5 nitrogen and oxygen atoms in total. The lowest BCUT2D eigenvalue weighted by atomic mass is 10.1. The summed E-state index contributed by atoms with van der Waals surface area (Å²) in [4.78, 5) is 12.7. The third-order valence-corrected chi connectivity index (χ3v) is 3.31. The van der Waals surface area contributed by atoms with E-state index in [9.17, 15) is 9.18 Å². The van der Waals surface area contributed by atoms with Gasteiger partial charge in [-0.1, -0.05) is 18.6 Å². The Morgan fingerprint density at radius 3 is 2.80 bits per heavy atom. The van der Waals surface area contributed by atoms with Crippen LogP contribution in [0, 0.1) is 5.82 Å². The van der Waals surface area contributed by atoms with Crippen LogP contribution in [0.3, 0.4) is 0 Å². The van der Waals surface area contributed by atoms with Crippen LogP contribution in [0.5, 0.6) is 0 Å². The Bertz CT molecular complexity index is 498. The van der Waals surface area contributed by atoms with Gasteiger partial charge in [0.15, 0.2) is 0 Å². The molecule has 0 spiro atoms. The lowest BCUT2D eigenvalue weighted by molar-refractivity contribution is 0.218. The number of nitrogens with zero attached hydrogens (tertiary/aromatic N) is 2. The summed E-state index contributed by atoms with van der Waals surface area (Å²) in [6.07, 6.45) is 5.00. The second-order valence-electron chi connectivity index (χ2n) is 4.92. The second kappa shape index (κ2) is 7.00. The number of nitrogens with two attached hydrogens (primary N) is 1. The minimum Gasteiger partial charge on any atom is -0.350 e. The highest BCUT2D eigenvalue weighted by Crippen LogP contribution is 2.16. The van der Waals surface area contributed by atoms with Crippen LogP contribution in [-0.2, 0) is 6.54 Å². The molecule has 0 unspecified atom stereocenters. The number of nitrogens with one attached hydrogen (secondary N) is 1. The third kappa shape index (κ3) is 4.31. The Morgan fingerprint density at radius 1 is 1.40 bits per heavy atom. The molecule has 2 rings (SSSR count). The van der Waals surface area contributed by atoms with Gasteiger partial charge in [0.1, 0.15) is 5.82 Å². The monoisotopic (exact) mass is 278 g/mol. The molecular formula is C14H19FN4O. The van der Waals surface area contributed by atoms with Gasteiger partial charge in [0.25, 0.3) is 0 Å². The molecule has 0 aromatic heterocycles. The summed E-state index contributed by atoms with van der Waals surface area (Å²) in [6, 6.07) is 4.19. The first-order valence-corrected chi connectivity index (χ1v) is 6.74. The first kappa shape index (κ1) is 14.5. The molecule has 0 bridgehead atoms. The number of carbonyl (C=O) groups is 1. The number of hydrazone groups is 1. The van der Waals surface area contributed by atoms with Gasteiger partial charge < -0.3 is 5.73 Å². The number of rotatable bonds is 4. The number of piperidine rings is 1. The van der Waals surface area contributed by atoms with E-state index in [1.54, 1.807) is 12.1 Å². The molecule has 20 heavy (non-hydrogen) atoms. The summed E-state index contributed by atoms with van der Waals surface area (Å²) in [7, 11) is 0. The van der Waals surface area contributed by atoms with Crippen molar-refractivity contribution >= 4 is 12.2 Å². The molecule has 2 amide bonds. The highest BCUT2D eigenvalue weighted by molar-refractivity contribution is 5.81. The smallest absolute Gasteiger partial charge is 0.332 e. The van der Waals surface area contributed by atoms with Crippen molar-refractivity contribution in [1.29, 1.82) is 0 Å². The van der Waals surface area contributed by atoms with Crippen LogP contribution >= 0.6 is 0 Å². The Labute approximate surface area is 117 Å². The number of carbonyl (C=O) groups excluding carboxylic acids is 1. The van der Waals surface area contributed by atoms with E-state index >= 15 is 0 Å². The van der Waals surface area contributed by atoms with Crippen LogP contribution in [-0.4, -0.2) is 30.2 Å². The number of amides is 2. The van der Waals surface area contributed by atoms with E-state index < -0.39 is 6.03 Å². The summed E-state index contributed by atoms with van der Waals surface area (Å²) in [5.41, 5.74) is 8.21. The average molecular weight is 278 g/mol. The zero-order valence-electron chi connectivity index (χ0n) is 11.3. The number of benzene rings is 1. The van der Waals surface area contributed by atoms with Gasteiger partial charge in [0, 0.05) is 12.1 Å². The summed E-state index contributed by atoms with van der Waals surface area (Å²) in [5, 5.41) is 3.60. The molecule has 3 N–H and O–H groups in total. The SMILES string of the molecule is NC(=O)NN=Cc1ccc(CN2CCCCC2)c(F)c1. The quantitative estimate of drug-likeness (QED) is 0.651. The Hall–Kier alpha value is -1.95. The number of primary amides is 1. The molecule has 1 aliphatic heterocycles. The van der Waals surface area contributed by atoms with Gasteiger partial charge in [0.2, 0.25) is 0 Å². The summed E-state index contributed by atoms with van der Waals surface area (Å²) in [6.45, 7) is 2.71. The van der Waals surface area contributed by atoms with Gasteiger partial charge in [-0.2, -0.15) is 5.10 Å². The molecule has 0 radical (unpaired) electrons. The van der Waals surface area contributed by atoms with E-state index in [1.807, 2.05) is 0 Å². The Morgan fingerprint density at radius 2 is 2.15 bits per heavy atom. The zero-order valence-corrected chi connectivity index (χ0v) is 11.3. The normalized spacial score (nSPS) is 16.4. The number of urea groups is 1. The Kier molecular flexibility index (Phi) is 5.06. The maximum absolute atomic E-state index is 14.0. The van der Waals surface area contributed by atoms with Gasteiger partial charge in [0.05, 0.1) is 6.21 Å². The highest BCUT2D eigenvalue weighted by Gasteiger charge is 2.12. The van der Waals surface area contributed by atoms with E-state index in [4.69, 9.17) is 5.73 Å². The van der Waals surface area contributed by atoms with Gasteiger partial charge >= 0.3 is 6.03 Å². The van der Waals surface area contributed by atoms with Gasteiger partial charge in [-0.05, 0) is 37.6 Å². The molecule has 1 fully saturated rings. The minimum absolute atomic E-state index is 0.251. The molecule has 1 heterocycles. The lowest BCUT2D eigenvalue weighted by Crippen LogP contribution is -2.29. The van der Waals surface area contributed by atoms with Gasteiger partial charge in [-0.25, -0.2) is 14.6 Å². The molecule has 0 aliphatic carbocycles. The van der Waals surface area contributed by atoms with E-state index in [1.165, 1.54) is 31.5 Å². The van der Waals surface area contributed by atoms with E-state index in [0.717, 1.165) is 13.1 Å². The van der Waals surface area contributed by atoms with Crippen molar-refractivity contribution < 1.29 is 9.18 Å². The molecular weight excluding hydrogens is 259 g/mol. The van der Waals surface area contributed by atoms with E-state index in [2.05, 4.69) is 15.4 Å². The number of halogens is 1. The van der Waals surface area contributed by atoms with Crippen molar-refractivity contribution in [3.63, 3.8) is 0 Å². The van der Waals surface area contributed by atoms with Crippen LogP contribution in [0.4, 0.5) is 9.18 Å². The molecule has 108 valence electrons. The van der Waals surface area contributed by atoms with Crippen molar-refractivity contribution in [3.8, 4) is 0 Å². The van der Waals surface area contributed by atoms with Gasteiger partial charge in [-0.3, -0.25) is 4.90 Å². The maximum atomic E-state index is 14.0. The Balaban J connectivity index is 1.98. The first-order chi connectivity index (χ1) is 9.65. The predicted molar refractivity (Wildman–Crippen MR) is 75.8 cm³/mol. The van der Waals surface area contributed by atoms with Crippen molar-refractivity contribution in [1.82, 2.24) is 10.3 Å². The average Bonchev–Trinajstić information content (AvgIpc) is 2.42. The van der Waals surface area contributed by atoms with Crippen molar-refractivity contribution in [2.75, 3.05) is 13.1 Å². The minimum atomic E-state index is -0.747. The van der Waals surface area contributed by atoms with Crippen molar-refractivity contribution in [3.05, 3.63) is 35.1 Å². The predicted octanol–water partition coefficient (Wildman–Crippen LogP) is 1.81. The van der Waals surface area contributed by atoms with Crippen molar-refractivity contribution in [2.24, 2.45) is 10.8 Å². The summed E-state index contributed by atoms with van der Waals surface area (Å²) in [5.74, 6) is -0.251. The molecule has 1 saturated heterocycles. The number of likely N-dealkylation sites (tertiary alicyclic amines) is 1.